The number of nitriles is 1. The van der Waals surface area contributed by atoms with Gasteiger partial charge in [-0.05, 0) is 78.2 Å². The second-order valence-corrected chi connectivity index (χ2v) is 10.0. The summed E-state index contributed by atoms with van der Waals surface area (Å²) in [7, 11) is 0. The summed E-state index contributed by atoms with van der Waals surface area (Å²) in [6, 6.07) is 6.03. The van der Waals surface area contributed by atoms with Crippen LogP contribution in [0, 0.1) is 11.3 Å². The minimum absolute atomic E-state index is 0.144. The molecule has 2 unspecified atom stereocenters. The first-order valence-corrected chi connectivity index (χ1v) is 11.5. The summed E-state index contributed by atoms with van der Waals surface area (Å²) in [4.78, 5) is 18.8. The van der Waals surface area contributed by atoms with E-state index in [9.17, 15) is 4.79 Å². The number of rotatable bonds is 4. The van der Waals surface area contributed by atoms with Crippen molar-refractivity contribution in [3.63, 3.8) is 0 Å². The van der Waals surface area contributed by atoms with Gasteiger partial charge in [0.05, 0.1) is 17.8 Å². The summed E-state index contributed by atoms with van der Waals surface area (Å²) in [6.45, 7) is 5.75. The topological polar surface area (TPSA) is 84.7 Å². The van der Waals surface area contributed by atoms with Crippen LogP contribution >= 0.6 is 0 Å². The minimum atomic E-state index is -0.460. The van der Waals surface area contributed by atoms with Crippen molar-refractivity contribution in [3.05, 3.63) is 23.9 Å². The molecule has 168 valence electrons. The summed E-state index contributed by atoms with van der Waals surface area (Å²) in [5, 5.41) is 8.87. The van der Waals surface area contributed by atoms with E-state index < -0.39 is 5.60 Å². The molecule has 1 aromatic heterocycles. The first kappa shape index (κ1) is 21.9. The smallest absolute Gasteiger partial charge is 0.410 e. The molecule has 0 N–H and O–H groups in total. The van der Waals surface area contributed by atoms with E-state index in [4.69, 9.17) is 19.5 Å². The number of fused-ring (bicyclic) bond motifs is 2. The fourth-order valence-corrected chi connectivity index (χ4v) is 5.10. The highest BCUT2D eigenvalue weighted by Crippen LogP contribution is 2.39. The van der Waals surface area contributed by atoms with Crippen LogP contribution in [-0.4, -0.2) is 52.0 Å². The Bertz CT molecular complexity index is 792. The van der Waals surface area contributed by atoms with E-state index in [0.29, 0.717) is 11.4 Å². The molecule has 2 atom stereocenters. The summed E-state index contributed by atoms with van der Waals surface area (Å²) in [5.74, 6) is 0.578. The first-order chi connectivity index (χ1) is 14.8. The number of hydrogen-bond donors (Lipinski definition) is 0. The lowest BCUT2D eigenvalue weighted by Gasteiger charge is -2.41. The number of carbonyl (C=O) groups is 1. The van der Waals surface area contributed by atoms with Gasteiger partial charge in [0.25, 0.3) is 0 Å². The number of pyridine rings is 1. The van der Waals surface area contributed by atoms with Gasteiger partial charge in [-0.3, -0.25) is 0 Å². The highest BCUT2D eigenvalue weighted by molar-refractivity contribution is 5.69. The lowest BCUT2D eigenvalue weighted by molar-refractivity contribution is -0.0814. The van der Waals surface area contributed by atoms with E-state index in [2.05, 4.69) is 11.1 Å². The van der Waals surface area contributed by atoms with Gasteiger partial charge in [0, 0.05) is 24.3 Å². The van der Waals surface area contributed by atoms with E-state index >= 15 is 0 Å². The molecule has 2 aliphatic heterocycles. The van der Waals surface area contributed by atoms with Crippen LogP contribution in [0.5, 0.6) is 5.88 Å². The predicted octanol–water partition coefficient (Wildman–Crippen LogP) is 4.59. The van der Waals surface area contributed by atoms with Crippen molar-refractivity contribution in [2.75, 3.05) is 0 Å². The van der Waals surface area contributed by atoms with Crippen LogP contribution in [0.3, 0.4) is 0 Å². The highest BCUT2D eigenvalue weighted by Gasteiger charge is 2.45. The van der Waals surface area contributed by atoms with Crippen LogP contribution in [0.2, 0.25) is 0 Å². The summed E-state index contributed by atoms with van der Waals surface area (Å²) >= 11 is 0. The Morgan fingerprint density at radius 3 is 2.23 bits per heavy atom. The van der Waals surface area contributed by atoms with E-state index in [1.54, 1.807) is 18.3 Å². The Balaban J connectivity index is 1.23. The summed E-state index contributed by atoms with van der Waals surface area (Å²) in [6.07, 6.45) is 9.72. The summed E-state index contributed by atoms with van der Waals surface area (Å²) < 4.78 is 18.1. The maximum Gasteiger partial charge on any atom is 0.410 e. The molecular weight excluding hydrogens is 394 g/mol. The number of carbonyl (C=O) groups excluding carboxylic acids is 1. The minimum Gasteiger partial charge on any atom is -0.474 e. The lowest BCUT2D eigenvalue weighted by Crippen LogP contribution is -2.50. The van der Waals surface area contributed by atoms with Gasteiger partial charge >= 0.3 is 6.09 Å². The quantitative estimate of drug-likeness (QED) is 0.699. The van der Waals surface area contributed by atoms with Crippen molar-refractivity contribution in [2.24, 2.45) is 0 Å². The largest absolute Gasteiger partial charge is 0.474 e. The number of piperidine rings is 1. The zero-order chi connectivity index (χ0) is 22.0. The van der Waals surface area contributed by atoms with Crippen molar-refractivity contribution in [2.45, 2.75) is 108 Å². The maximum atomic E-state index is 12.6. The number of ether oxygens (including phenoxy) is 3. The molecule has 1 aliphatic carbocycles. The SMILES string of the molecule is CC(C)(C)OC(=O)N1C2CCC1CC(OC1CCC(Oc3ccc(C#N)cn3)CC1)C2. The van der Waals surface area contributed by atoms with Gasteiger partial charge in [0.2, 0.25) is 5.88 Å². The van der Waals surface area contributed by atoms with Gasteiger partial charge in [-0.1, -0.05) is 0 Å². The Morgan fingerprint density at radius 1 is 1.03 bits per heavy atom. The fourth-order valence-electron chi connectivity index (χ4n) is 5.10. The molecule has 2 bridgehead atoms. The fraction of sp³-hybridized carbons (Fsp3) is 0.708. The molecule has 1 aromatic rings. The predicted molar refractivity (Wildman–Crippen MR) is 115 cm³/mol. The van der Waals surface area contributed by atoms with Crippen molar-refractivity contribution in [1.29, 1.82) is 5.26 Å². The van der Waals surface area contributed by atoms with Gasteiger partial charge in [0.1, 0.15) is 17.8 Å². The molecule has 7 nitrogen and oxygen atoms in total. The van der Waals surface area contributed by atoms with Crippen LogP contribution in [0.1, 0.15) is 77.7 Å². The van der Waals surface area contributed by atoms with Crippen LogP contribution in [0.4, 0.5) is 4.79 Å². The number of nitrogens with zero attached hydrogens (tertiary/aromatic N) is 3. The molecular formula is C24H33N3O4. The third kappa shape index (κ3) is 5.48. The van der Waals surface area contributed by atoms with Crippen molar-refractivity contribution in [1.82, 2.24) is 9.88 Å². The molecule has 2 saturated heterocycles. The first-order valence-electron chi connectivity index (χ1n) is 11.5. The molecule has 0 spiro atoms. The van der Waals surface area contributed by atoms with Crippen LogP contribution in [0.25, 0.3) is 0 Å². The Labute approximate surface area is 184 Å². The normalized spacial score (nSPS) is 30.5. The molecule has 0 aromatic carbocycles. The molecule has 0 radical (unpaired) electrons. The van der Waals surface area contributed by atoms with Crippen molar-refractivity contribution < 1.29 is 19.0 Å². The molecule has 4 rings (SSSR count). The third-order valence-corrected chi connectivity index (χ3v) is 6.45. The molecule has 3 fully saturated rings. The Morgan fingerprint density at radius 2 is 1.68 bits per heavy atom. The molecule has 1 saturated carbocycles. The average molecular weight is 428 g/mol. The number of amides is 1. The Hall–Kier alpha value is -2.33. The molecule has 31 heavy (non-hydrogen) atoms. The maximum absolute atomic E-state index is 12.6. The van der Waals surface area contributed by atoms with Crippen LogP contribution in [-0.2, 0) is 9.47 Å². The van der Waals surface area contributed by atoms with E-state index in [0.717, 1.165) is 51.4 Å². The van der Waals surface area contributed by atoms with Gasteiger partial charge in [-0.2, -0.15) is 5.26 Å². The zero-order valence-corrected chi connectivity index (χ0v) is 18.8. The molecule has 1 amide bonds. The monoisotopic (exact) mass is 427 g/mol. The lowest BCUT2D eigenvalue weighted by atomic mass is 9.93. The molecule has 3 aliphatic rings. The number of aromatic nitrogens is 1. The highest BCUT2D eigenvalue weighted by atomic mass is 16.6. The van der Waals surface area contributed by atoms with E-state index in [-0.39, 0.29) is 36.5 Å². The molecule has 3 heterocycles. The molecule has 7 heteroatoms. The number of hydrogen-bond acceptors (Lipinski definition) is 6. The Kier molecular flexibility index (Phi) is 6.38. The van der Waals surface area contributed by atoms with Gasteiger partial charge < -0.3 is 19.1 Å². The van der Waals surface area contributed by atoms with Gasteiger partial charge in [-0.25, -0.2) is 9.78 Å². The summed E-state index contributed by atoms with van der Waals surface area (Å²) in [5.41, 5.74) is 0.0776. The standard InChI is InChI=1S/C24H33N3O4/c1-24(2,3)31-23(28)27-17-5-6-18(27)13-21(12-17)29-19-7-9-20(10-8-19)30-22-11-4-16(14-25)15-26-22/h4,11,15,17-21H,5-10,12-13H2,1-3H3. The van der Waals surface area contributed by atoms with Crippen LogP contribution < -0.4 is 4.74 Å². The van der Waals surface area contributed by atoms with Crippen LogP contribution in [0.15, 0.2) is 18.3 Å². The van der Waals surface area contributed by atoms with Crippen molar-refractivity contribution >= 4 is 6.09 Å². The third-order valence-electron chi connectivity index (χ3n) is 6.45. The van der Waals surface area contributed by atoms with E-state index in [1.165, 1.54) is 0 Å². The second kappa shape index (κ2) is 9.04. The van der Waals surface area contributed by atoms with Crippen molar-refractivity contribution in [3.8, 4) is 11.9 Å². The average Bonchev–Trinajstić information content (AvgIpc) is 3.00. The second-order valence-electron chi connectivity index (χ2n) is 10.0. The zero-order valence-electron chi connectivity index (χ0n) is 18.8. The van der Waals surface area contributed by atoms with E-state index in [1.807, 2.05) is 25.7 Å². The van der Waals surface area contributed by atoms with Gasteiger partial charge in [-0.15, -0.1) is 0 Å². The van der Waals surface area contributed by atoms with Gasteiger partial charge in [0.15, 0.2) is 0 Å².